The number of aromatic nitrogens is 2. The first-order valence-corrected chi connectivity index (χ1v) is 5.92. The average molecular weight is 225 g/mol. The van der Waals surface area contributed by atoms with E-state index in [4.69, 9.17) is 11.1 Å². The molecule has 3 N–H and O–H groups in total. The summed E-state index contributed by atoms with van der Waals surface area (Å²) in [4.78, 5) is 1.96. The minimum absolute atomic E-state index is 0.0240. The maximum absolute atomic E-state index is 7.42. The Hall–Kier alpha value is -1.30. The van der Waals surface area contributed by atoms with Crippen LogP contribution in [0, 0.1) is 5.41 Å². The molecule has 0 saturated carbocycles. The van der Waals surface area contributed by atoms with Crippen LogP contribution in [0.1, 0.15) is 5.56 Å². The predicted octanol–water partition coefficient (Wildman–Crippen LogP) is 0.560. The van der Waals surface area contributed by atoms with Gasteiger partial charge >= 0.3 is 0 Å². The molecule has 1 rings (SSSR count). The first-order valence-electron chi connectivity index (χ1n) is 4.53. The Kier molecular flexibility index (Phi) is 4.36. The van der Waals surface area contributed by atoms with E-state index in [0.717, 1.165) is 12.3 Å². The van der Waals surface area contributed by atoms with Gasteiger partial charge in [0.15, 0.2) is 5.82 Å². The molecule has 15 heavy (non-hydrogen) atoms. The summed E-state index contributed by atoms with van der Waals surface area (Å²) in [5, 5.41) is 15.2. The fourth-order valence-electron chi connectivity index (χ4n) is 1.15. The lowest BCUT2D eigenvalue weighted by molar-refractivity contribution is 0.898. The van der Waals surface area contributed by atoms with Crippen molar-refractivity contribution in [2.45, 2.75) is 0 Å². The number of hydrogen-bond donors (Lipinski definition) is 2. The number of nitrogens with two attached hydrogens (primary N) is 1. The Morgan fingerprint density at radius 1 is 1.67 bits per heavy atom. The second-order valence-corrected chi connectivity index (χ2v) is 4.08. The molecule has 0 aliphatic heterocycles. The van der Waals surface area contributed by atoms with Crippen LogP contribution in [0.4, 0.5) is 5.82 Å². The van der Waals surface area contributed by atoms with Gasteiger partial charge in [-0.15, -0.1) is 5.10 Å². The molecule has 0 atom stereocenters. The molecule has 0 unspecified atom stereocenters. The first kappa shape index (κ1) is 11.8. The topological polar surface area (TPSA) is 78.9 Å². The minimum Gasteiger partial charge on any atom is -0.384 e. The summed E-state index contributed by atoms with van der Waals surface area (Å²) in [5.41, 5.74) is 6.10. The lowest BCUT2D eigenvalue weighted by Gasteiger charge is -2.19. The van der Waals surface area contributed by atoms with Gasteiger partial charge in [-0.3, -0.25) is 5.41 Å². The third kappa shape index (κ3) is 3.09. The molecule has 0 amide bonds. The van der Waals surface area contributed by atoms with Gasteiger partial charge in [0.05, 0.1) is 11.8 Å². The zero-order chi connectivity index (χ0) is 11.3. The van der Waals surface area contributed by atoms with Crippen molar-refractivity contribution in [2.24, 2.45) is 5.73 Å². The summed E-state index contributed by atoms with van der Waals surface area (Å²) in [5.74, 6) is 1.69. The van der Waals surface area contributed by atoms with E-state index in [1.165, 1.54) is 0 Å². The van der Waals surface area contributed by atoms with Gasteiger partial charge in [0.2, 0.25) is 0 Å². The van der Waals surface area contributed by atoms with Gasteiger partial charge < -0.3 is 10.6 Å². The number of anilines is 1. The van der Waals surface area contributed by atoms with Gasteiger partial charge in [0.25, 0.3) is 0 Å². The zero-order valence-electron chi connectivity index (χ0n) is 8.90. The standard InChI is InChI=1S/C9H15N5S/c1-14(5-6-15-2)9-7(8(10)11)3-4-12-13-9/h3-4H,5-6H2,1-2H3,(H3,10,11). The van der Waals surface area contributed by atoms with E-state index < -0.39 is 0 Å². The fourth-order valence-corrected chi connectivity index (χ4v) is 1.61. The van der Waals surface area contributed by atoms with Gasteiger partial charge in [0, 0.05) is 19.3 Å². The number of nitrogen functional groups attached to an aromatic ring is 1. The molecule has 82 valence electrons. The van der Waals surface area contributed by atoms with Crippen LogP contribution in [0.5, 0.6) is 0 Å². The average Bonchev–Trinajstić information content (AvgIpc) is 2.25. The Morgan fingerprint density at radius 3 is 3.00 bits per heavy atom. The highest BCUT2D eigenvalue weighted by atomic mass is 32.2. The molecule has 1 aromatic rings. The van der Waals surface area contributed by atoms with Gasteiger partial charge in [-0.2, -0.15) is 16.9 Å². The summed E-state index contributed by atoms with van der Waals surface area (Å²) in [6.45, 7) is 0.861. The molecule has 0 saturated heterocycles. The molecule has 0 spiro atoms. The molecule has 0 fully saturated rings. The molecule has 0 aliphatic carbocycles. The third-order valence-corrected chi connectivity index (χ3v) is 2.57. The molecule has 5 nitrogen and oxygen atoms in total. The van der Waals surface area contributed by atoms with Crippen LogP contribution in [0.25, 0.3) is 0 Å². The van der Waals surface area contributed by atoms with Crippen molar-refractivity contribution < 1.29 is 0 Å². The van der Waals surface area contributed by atoms with Crippen LogP contribution >= 0.6 is 11.8 Å². The monoisotopic (exact) mass is 225 g/mol. The maximum atomic E-state index is 7.42. The number of rotatable bonds is 5. The minimum atomic E-state index is 0.0240. The van der Waals surface area contributed by atoms with Crippen molar-refractivity contribution in [3.63, 3.8) is 0 Å². The van der Waals surface area contributed by atoms with Crippen LogP contribution in [0.2, 0.25) is 0 Å². The zero-order valence-corrected chi connectivity index (χ0v) is 9.71. The molecular formula is C9H15N5S. The first-order chi connectivity index (χ1) is 7.16. The summed E-state index contributed by atoms with van der Waals surface area (Å²) < 4.78 is 0. The Balaban J connectivity index is 2.87. The van der Waals surface area contributed by atoms with Crippen molar-refractivity contribution in [1.82, 2.24) is 10.2 Å². The van der Waals surface area contributed by atoms with Crippen molar-refractivity contribution in [1.29, 1.82) is 5.41 Å². The third-order valence-electron chi connectivity index (χ3n) is 1.98. The molecule has 1 aromatic heterocycles. The highest BCUT2D eigenvalue weighted by Crippen LogP contribution is 2.13. The van der Waals surface area contributed by atoms with E-state index in [-0.39, 0.29) is 5.84 Å². The Morgan fingerprint density at radius 2 is 2.40 bits per heavy atom. The van der Waals surface area contributed by atoms with Crippen molar-refractivity contribution in [2.75, 3.05) is 30.5 Å². The lowest BCUT2D eigenvalue weighted by Crippen LogP contribution is -2.26. The maximum Gasteiger partial charge on any atom is 0.162 e. The summed E-state index contributed by atoms with van der Waals surface area (Å²) in [6.07, 6.45) is 3.60. The molecular weight excluding hydrogens is 210 g/mol. The fraction of sp³-hybridized carbons (Fsp3) is 0.444. The Bertz CT molecular complexity index is 341. The highest BCUT2D eigenvalue weighted by molar-refractivity contribution is 7.98. The number of nitrogens with zero attached hydrogens (tertiary/aromatic N) is 3. The summed E-state index contributed by atoms with van der Waals surface area (Å²) in [6, 6.07) is 1.71. The van der Waals surface area contributed by atoms with Crippen LogP contribution < -0.4 is 10.6 Å². The highest BCUT2D eigenvalue weighted by Gasteiger charge is 2.10. The normalized spacial score (nSPS) is 10.0. The van der Waals surface area contributed by atoms with Gasteiger partial charge in [0.1, 0.15) is 5.84 Å². The van der Waals surface area contributed by atoms with E-state index >= 15 is 0 Å². The summed E-state index contributed by atoms with van der Waals surface area (Å²) in [7, 11) is 1.92. The van der Waals surface area contributed by atoms with E-state index in [1.807, 2.05) is 11.9 Å². The van der Waals surface area contributed by atoms with Gasteiger partial charge in [-0.05, 0) is 12.3 Å². The van der Waals surface area contributed by atoms with Crippen molar-refractivity contribution >= 4 is 23.4 Å². The largest absolute Gasteiger partial charge is 0.384 e. The van der Waals surface area contributed by atoms with Crippen LogP contribution in [-0.2, 0) is 0 Å². The number of amidine groups is 1. The lowest BCUT2D eigenvalue weighted by atomic mass is 10.2. The second-order valence-electron chi connectivity index (χ2n) is 3.10. The van der Waals surface area contributed by atoms with Crippen LogP contribution in [0.15, 0.2) is 12.3 Å². The van der Waals surface area contributed by atoms with Crippen molar-refractivity contribution in [3.8, 4) is 0 Å². The second kappa shape index (κ2) is 5.55. The van der Waals surface area contributed by atoms with Gasteiger partial charge in [-0.25, -0.2) is 0 Å². The van der Waals surface area contributed by atoms with Gasteiger partial charge in [-0.1, -0.05) is 0 Å². The van der Waals surface area contributed by atoms with Crippen molar-refractivity contribution in [3.05, 3.63) is 17.8 Å². The number of thioether (sulfide) groups is 1. The predicted molar refractivity (Wildman–Crippen MR) is 64.7 cm³/mol. The molecule has 6 heteroatoms. The van der Waals surface area contributed by atoms with Crippen LogP contribution in [-0.4, -0.2) is 41.6 Å². The number of hydrogen-bond acceptors (Lipinski definition) is 5. The van der Waals surface area contributed by atoms with E-state index in [0.29, 0.717) is 11.4 Å². The smallest absolute Gasteiger partial charge is 0.162 e. The molecule has 0 aliphatic rings. The molecule has 0 bridgehead atoms. The van der Waals surface area contributed by atoms with Crippen LogP contribution in [0.3, 0.4) is 0 Å². The molecule has 1 heterocycles. The van der Waals surface area contributed by atoms with E-state index in [1.54, 1.807) is 24.0 Å². The number of nitrogens with one attached hydrogen (secondary N) is 1. The SMILES string of the molecule is CSCCN(C)c1nnccc1C(=N)N. The molecule has 0 radical (unpaired) electrons. The van der Waals surface area contributed by atoms with E-state index in [9.17, 15) is 0 Å². The quantitative estimate of drug-likeness (QED) is 0.565. The summed E-state index contributed by atoms with van der Waals surface area (Å²) >= 11 is 1.76. The Labute approximate surface area is 93.6 Å². The van der Waals surface area contributed by atoms with E-state index in [2.05, 4.69) is 16.5 Å². The molecule has 0 aromatic carbocycles.